The van der Waals surface area contributed by atoms with Crippen LogP contribution in [0.4, 0.5) is 22.0 Å². The molecule has 1 heterocycles. The summed E-state index contributed by atoms with van der Waals surface area (Å²) >= 11 is 6.08. The molecule has 1 aromatic heterocycles. The fraction of sp³-hybridized carbons (Fsp3) is 0.200. The van der Waals surface area contributed by atoms with Crippen LogP contribution in [0.15, 0.2) is 30.5 Å². The van der Waals surface area contributed by atoms with Crippen molar-refractivity contribution < 1.29 is 14.3 Å². The Bertz CT molecular complexity index is 674. The van der Waals surface area contributed by atoms with E-state index in [-0.39, 0.29) is 0 Å². The summed E-state index contributed by atoms with van der Waals surface area (Å²) in [5.41, 5.74) is 2.22. The lowest BCUT2D eigenvalue weighted by Crippen LogP contribution is -2.11. The number of rotatable bonds is 4. The Labute approximate surface area is 133 Å². The van der Waals surface area contributed by atoms with Crippen LogP contribution in [0.1, 0.15) is 5.56 Å². The number of nitrogens with zero attached hydrogens (tertiary/aromatic N) is 1. The lowest BCUT2D eigenvalue weighted by Gasteiger charge is -2.13. The van der Waals surface area contributed by atoms with Gasteiger partial charge in [0.1, 0.15) is 11.6 Å². The molecular weight excluding hydrogens is 306 g/mol. The van der Waals surface area contributed by atoms with Gasteiger partial charge in [0.15, 0.2) is 0 Å². The smallest absolute Gasteiger partial charge is 0.411 e. The van der Waals surface area contributed by atoms with E-state index < -0.39 is 6.09 Å². The van der Waals surface area contributed by atoms with Gasteiger partial charge in [-0.05, 0) is 30.7 Å². The lowest BCUT2D eigenvalue weighted by molar-refractivity contribution is 0.187. The molecule has 2 rings (SSSR count). The first-order chi connectivity index (χ1) is 10.5. The second-order valence-electron chi connectivity index (χ2n) is 4.48. The molecular formula is C15H16ClN3O3. The van der Waals surface area contributed by atoms with Gasteiger partial charge in [0.2, 0.25) is 0 Å². The van der Waals surface area contributed by atoms with Crippen LogP contribution in [-0.2, 0) is 4.74 Å². The van der Waals surface area contributed by atoms with Crippen LogP contribution in [-0.4, -0.2) is 25.3 Å². The highest BCUT2D eigenvalue weighted by molar-refractivity contribution is 6.31. The van der Waals surface area contributed by atoms with Crippen LogP contribution in [0.2, 0.25) is 5.02 Å². The summed E-state index contributed by atoms with van der Waals surface area (Å²) in [6.07, 6.45) is 0.978. The molecule has 0 aliphatic rings. The van der Waals surface area contributed by atoms with Crippen LogP contribution in [0.5, 0.6) is 5.75 Å². The minimum atomic E-state index is -0.544. The van der Waals surface area contributed by atoms with E-state index in [4.69, 9.17) is 16.3 Å². The summed E-state index contributed by atoms with van der Waals surface area (Å²) in [7, 11) is 2.87. The number of hydrogen-bond acceptors (Lipinski definition) is 5. The zero-order valence-corrected chi connectivity index (χ0v) is 13.2. The number of aryl methyl sites for hydroxylation is 1. The van der Waals surface area contributed by atoms with Crippen molar-refractivity contribution in [3.05, 3.63) is 41.0 Å². The Morgan fingerprint density at radius 3 is 2.64 bits per heavy atom. The van der Waals surface area contributed by atoms with E-state index in [0.717, 1.165) is 11.3 Å². The highest BCUT2D eigenvalue weighted by Crippen LogP contribution is 2.32. The average Bonchev–Trinajstić information content (AvgIpc) is 2.52. The second kappa shape index (κ2) is 7.00. The van der Waals surface area contributed by atoms with Crippen molar-refractivity contribution in [1.29, 1.82) is 0 Å². The maximum Gasteiger partial charge on any atom is 0.411 e. The molecule has 2 aromatic rings. The average molecular weight is 322 g/mol. The summed E-state index contributed by atoms with van der Waals surface area (Å²) in [6.45, 7) is 1.91. The monoisotopic (exact) mass is 321 g/mol. The number of methoxy groups -OCH3 is 2. The van der Waals surface area contributed by atoms with Crippen LogP contribution in [0, 0.1) is 6.92 Å². The predicted octanol–water partition coefficient (Wildman–Crippen LogP) is 3.97. The fourth-order valence-electron chi connectivity index (χ4n) is 1.78. The number of carbonyl (C=O) groups is 1. The number of halogens is 1. The largest absolute Gasteiger partial charge is 0.495 e. The number of pyridine rings is 1. The zero-order valence-electron chi connectivity index (χ0n) is 12.4. The number of carbonyl (C=O) groups excluding carboxylic acids is 1. The molecule has 0 bridgehead atoms. The van der Waals surface area contributed by atoms with E-state index in [0.29, 0.717) is 22.3 Å². The van der Waals surface area contributed by atoms with Crippen molar-refractivity contribution in [2.75, 3.05) is 24.9 Å². The van der Waals surface area contributed by atoms with E-state index in [1.807, 2.05) is 13.0 Å². The molecule has 0 saturated carbocycles. The first-order valence-electron chi connectivity index (χ1n) is 6.45. The van der Waals surface area contributed by atoms with Crippen LogP contribution >= 0.6 is 11.6 Å². The number of nitrogens with one attached hydrogen (secondary N) is 2. The first kappa shape index (κ1) is 15.9. The third kappa shape index (κ3) is 3.79. The Morgan fingerprint density at radius 1 is 1.27 bits per heavy atom. The SMILES string of the molecule is COC(=O)Nc1ccc(Nc2cc(C)c(Cl)cc2OC)nc1. The summed E-state index contributed by atoms with van der Waals surface area (Å²) in [5.74, 6) is 1.23. The molecule has 0 fully saturated rings. The van der Waals surface area contributed by atoms with E-state index in [1.165, 1.54) is 13.3 Å². The molecule has 22 heavy (non-hydrogen) atoms. The van der Waals surface area contributed by atoms with Gasteiger partial charge in [0.25, 0.3) is 0 Å². The van der Waals surface area contributed by atoms with Crippen molar-refractivity contribution in [2.45, 2.75) is 6.92 Å². The van der Waals surface area contributed by atoms with Gasteiger partial charge >= 0.3 is 6.09 Å². The van der Waals surface area contributed by atoms with Crippen molar-refractivity contribution in [3.63, 3.8) is 0 Å². The van der Waals surface area contributed by atoms with Crippen LogP contribution < -0.4 is 15.4 Å². The summed E-state index contributed by atoms with van der Waals surface area (Å²) in [6, 6.07) is 7.06. The molecule has 0 aliphatic carbocycles. The highest BCUT2D eigenvalue weighted by atomic mass is 35.5. The highest BCUT2D eigenvalue weighted by Gasteiger charge is 2.08. The minimum Gasteiger partial charge on any atom is -0.495 e. The predicted molar refractivity (Wildman–Crippen MR) is 86.3 cm³/mol. The molecule has 0 radical (unpaired) electrons. The molecule has 6 nitrogen and oxygen atoms in total. The number of anilines is 3. The quantitative estimate of drug-likeness (QED) is 0.891. The van der Waals surface area contributed by atoms with Gasteiger partial charge in [-0.15, -0.1) is 0 Å². The number of ether oxygens (including phenoxy) is 2. The molecule has 0 atom stereocenters. The molecule has 116 valence electrons. The summed E-state index contributed by atoms with van der Waals surface area (Å²) in [5, 5.41) is 6.31. The molecule has 1 amide bonds. The van der Waals surface area contributed by atoms with Gasteiger partial charge in [-0.2, -0.15) is 0 Å². The zero-order chi connectivity index (χ0) is 16.1. The van der Waals surface area contributed by atoms with Crippen LogP contribution in [0.25, 0.3) is 0 Å². The second-order valence-corrected chi connectivity index (χ2v) is 4.88. The fourth-order valence-corrected chi connectivity index (χ4v) is 1.93. The molecule has 2 N–H and O–H groups in total. The molecule has 0 spiro atoms. The molecule has 1 aromatic carbocycles. The molecule has 0 unspecified atom stereocenters. The number of hydrogen-bond donors (Lipinski definition) is 2. The van der Waals surface area contributed by atoms with E-state index in [9.17, 15) is 4.79 Å². The first-order valence-corrected chi connectivity index (χ1v) is 6.83. The Morgan fingerprint density at radius 2 is 2.05 bits per heavy atom. The standard InChI is InChI=1S/C15H16ClN3O3/c1-9-6-12(13(21-2)7-11(9)16)19-14-5-4-10(8-17-14)18-15(20)22-3/h4-8H,1-3H3,(H,17,19)(H,18,20). The molecule has 0 aliphatic heterocycles. The molecule has 0 saturated heterocycles. The van der Waals surface area contributed by atoms with Crippen molar-refractivity contribution >= 4 is 34.9 Å². The maximum absolute atomic E-state index is 11.1. The molecule has 7 heteroatoms. The number of amides is 1. The third-order valence-electron chi connectivity index (χ3n) is 2.94. The van der Waals surface area contributed by atoms with Crippen molar-refractivity contribution in [3.8, 4) is 5.75 Å². The van der Waals surface area contributed by atoms with E-state index in [2.05, 4.69) is 20.4 Å². The van der Waals surface area contributed by atoms with Gasteiger partial charge < -0.3 is 14.8 Å². The van der Waals surface area contributed by atoms with Gasteiger partial charge in [-0.3, -0.25) is 5.32 Å². The van der Waals surface area contributed by atoms with Crippen LogP contribution in [0.3, 0.4) is 0 Å². The van der Waals surface area contributed by atoms with E-state index >= 15 is 0 Å². The van der Waals surface area contributed by atoms with Gasteiger partial charge in [0, 0.05) is 11.1 Å². The van der Waals surface area contributed by atoms with Crippen molar-refractivity contribution in [1.82, 2.24) is 4.98 Å². The Hall–Kier alpha value is -2.47. The van der Waals surface area contributed by atoms with E-state index in [1.54, 1.807) is 25.3 Å². The Balaban J connectivity index is 2.17. The lowest BCUT2D eigenvalue weighted by atomic mass is 10.2. The normalized spacial score (nSPS) is 10.0. The van der Waals surface area contributed by atoms with Gasteiger partial charge in [0.05, 0.1) is 31.8 Å². The Kier molecular flexibility index (Phi) is 5.06. The third-order valence-corrected chi connectivity index (χ3v) is 3.35. The maximum atomic E-state index is 11.1. The summed E-state index contributed by atoms with van der Waals surface area (Å²) < 4.78 is 9.81. The number of aromatic nitrogens is 1. The van der Waals surface area contributed by atoms with Gasteiger partial charge in [-0.25, -0.2) is 9.78 Å². The summed E-state index contributed by atoms with van der Waals surface area (Å²) in [4.78, 5) is 15.3. The van der Waals surface area contributed by atoms with Gasteiger partial charge in [-0.1, -0.05) is 11.6 Å². The minimum absolute atomic E-state index is 0.539. The van der Waals surface area contributed by atoms with Crippen molar-refractivity contribution in [2.24, 2.45) is 0 Å². The number of benzene rings is 1. The topological polar surface area (TPSA) is 72.5 Å².